The van der Waals surface area contributed by atoms with Crippen LogP contribution in [0.25, 0.3) is 0 Å². The molecular formula is C12H17N5O3. The average Bonchev–Trinajstić information content (AvgIpc) is 2.91. The van der Waals surface area contributed by atoms with Crippen LogP contribution in [-0.2, 0) is 20.0 Å². The molecule has 108 valence electrons. The highest BCUT2D eigenvalue weighted by Gasteiger charge is 2.26. The molecule has 2 heterocycles. The molecule has 2 rings (SSSR count). The number of aromatic nitrogens is 3. The van der Waals surface area contributed by atoms with Crippen molar-refractivity contribution in [2.75, 3.05) is 5.32 Å². The van der Waals surface area contributed by atoms with Crippen molar-refractivity contribution >= 4 is 11.5 Å². The van der Waals surface area contributed by atoms with E-state index in [-0.39, 0.29) is 12.2 Å². The second-order valence-electron chi connectivity index (χ2n) is 4.49. The molecule has 2 aromatic heterocycles. The van der Waals surface area contributed by atoms with Crippen LogP contribution in [0.15, 0.2) is 10.6 Å². The van der Waals surface area contributed by atoms with Crippen molar-refractivity contribution in [3.05, 3.63) is 33.7 Å². The van der Waals surface area contributed by atoms with E-state index in [1.807, 2.05) is 6.92 Å². The van der Waals surface area contributed by atoms with E-state index in [4.69, 9.17) is 4.42 Å². The topological polar surface area (TPSA) is 99.0 Å². The average molecular weight is 279 g/mol. The number of anilines is 1. The van der Waals surface area contributed by atoms with Crippen LogP contribution >= 0.6 is 0 Å². The number of rotatable bonds is 6. The maximum Gasteiger partial charge on any atom is 0.334 e. The predicted molar refractivity (Wildman–Crippen MR) is 72.4 cm³/mol. The van der Waals surface area contributed by atoms with Gasteiger partial charge in [-0.15, -0.1) is 0 Å². The van der Waals surface area contributed by atoms with E-state index in [0.29, 0.717) is 29.6 Å². The molecule has 0 fully saturated rings. The van der Waals surface area contributed by atoms with E-state index in [0.717, 1.165) is 6.42 Å². The van der Waals surface area contributed by atoms with Crippen molar-refractivity contribution in [2.45, 2.75) is 33.2 Å². The monoisotopic (exact) mass is 279 g/mol. The van der Waals surface area contributed by atoms with Crippen LogP contribution in [0.1, 0.15) is 30.7 Å². The summed E-state index contributed by atoms with van der Waals surface area (Å²) in [6, 6.07) is 0. The molecule has 20 heavy (non-hydrogen) atoms. The van der Waals surface area contributed by atoms with Crippen molar-refractivity contribution in [3.63, 3.8) is 0 Å². The van der Waals surface area contributed by atoms with Gasteiger partial charge < -0.3 is 9.73 Å². The lowest BCUT2D eigenvalue weighted by Gasteiger charge is -2.03. The summed E-state index contributed by atoms with van der Waals surface area (Å²) in [6.07, 6.45) is 2.98. The van der Waals surface area contributed by atoms with E-state index in [1.54, 1.807) is 20.2 Å². The Morgan fingerprint density at radius 3 is 2.85 bits per heavy atom. The molecule has 0 bridgehead atoms. The van der Waals surface area contributed by atoms with E-state index in [2.05, 4.69) is 15.4 Å². The minimum absolute atomic E-state index is 0.0256. The van der Waals surface area contributed by atoms with E-state index < -0.39 is 4.92 Å². The summed E-state index contributed by atoms with van der Waals surface area (Å²) in [5.41, 5.74) is 0.517. The number of hydrogen-bond donors (Lipinski definition) is 1. The van der Waals surface area contributed by atoms with Gasteiger partial charge in [0, 0.05) is 7.05 Å². The summed E-state index contributed by atoms with van der Waals surface area (Å²) in [5.74, 6) is 1.55. The Hall–Kier alpha value is -2.38. The molecule has 0 saturated carbocycles. The highest BCUT2D eigenvalue weighted by Crippen LogP contribution is 2.29. The number of oxazole rings is 1. The fourth-order valence-corrected chi connectivity index (χ4v) is 2.01. The first-order valence-corrected chi connectivity index (χ1v) is 6.38. The maximum absolute atomic E-state index is 11.2. The highest BCUT2D eigenvalue weighted by atomic mass is 16.6. The lowest BCUT2D eigenvalue weighted by Crippen LogP contribution is -2.06. The molecule has 2 aromatic rings. The van der Waals surface area contributed by atoms with Crippen LogP contribution in [0.5, 0.6) is 0 Å². The largest absolute Gasteiger partial charge is 0.444 e. The molecule has 0 aliphatic heterocycles. The Balaban J connectivity index is 2.23. The lowest BCUT2D eigenvalue weighted by molar-refractivity contribution is -0.384. The first-order valence-electron chi connectivity index (χ1n) is 6.38. The second-order valence-corrected chi connectivity index (χ2v) is 4.49. The third kappa shape index (κ3) is 2.79. The molecule has 0 unspecified atom stereocenters. The highest BCUT2D eigenvalue weighted by molar-refractivity contribution is 5.59. The lowest BCUT2D eigenvalue weighted by atomic mass is 10.2. The van der Waals surface area contributed by atoms with Crippen molar-refractivity contribution in [3.8, 4) is 0 Å². The summed E-state index contributed by atoms with van der Waals surface area (Å²) in [7, 11) is 1.68. The van der Waals surface area contributed by atoms with Crippen LogP contribution in [0.3, 0.4) is 0 Å². The molecule has 8 heteroatoms. The molecule has 0 aliphatic carbocycles. The molecule has 0 amide bonds. The Bertz CT molecular complexity index is 617. The van der Waals surface area contributed by atoms with Crippen molar-refractivity contribution in [2.24, 2.45) is 7.05 Å². The van der Waals surface area contributed by atoms with Gasteiger partial charge >= 0.3 is 5.69 Å². The summed E-state index contributed by atoms with van der Waals surface area (Å²) >= 11 is 0. The number of nitro groups is 1. The van der Waals surface area contributed by atoms with Crippen LogP contribution in [0.2, 0.25) is 0 Å². The molecule has 0 aromatic carbocycles. The summed E-state index contributed by atoms with van der Waals surface area (Å²) in [5, 5.41) is 18.4. The Morgan fingerprint density at radius 1 is 1.55 bits per heavy atom. The molecule has 0 aliphatic rings. The van der Waals surface area contributed by atoms with Crippen LogP contribution < -0.4 is 5.32 Å². The number of nitrogens with zero attached hydrogens (tertiary/aromatic N) is 4. The van der Waals surface area contributed by atoms with Crippen LogP contribution in [0, 0.1) is 17.0 Å². The second kappa shape index (κ2) is 5.72. The standard InChI is InChI=1S/C12H17N5O3/c1-4-5-9-11(17(18)19)12(16(3)15-9)14-7-10-13-6-8(2)20-10/h6,14H,4-5,7H2,1-3H3. The maximum atomic E-state index is 11.2. The Labute approximate surface area is 116 Å². The van der Waals surface area contributed by atoms with Gasteiger partial charge in [0.05, 0.1) is 17.7 Å². The van der Waals surface area contributed by atoms with E-state index in [1.165, 1.54) is 4.68 Å². The Morgan fingerprint density at radius 2 is 2.30 bits per heavy atom. The quantitative estimate of drug-likeness (QED) is 0.642. The molecule has 0 radical (unpaired) electrons. The van der Waals surface area contributed by atoms with Gasteiger partial charge in [-0.05, 0) is 13.3 Å². The minimum Gasteiger partial charge on any atom is -0.444 e. The van der Waals surface area contributed by atoms with Gasteiger partial charge in [0.2, 0.25) is 11.7 Å². The van der Waals surface area contributed by atoms with Gasteiger partial charge in [-0.1, -0.05) is 13.3 Å². The summed E-state index contributed by atoms with van der Waals surface area (Å²) in [4.78, 5) is 14.9. The first kappa shape index (κ1) is 14.0. The smallest absolute Gasteiger partial charge is 0.334 e. The molecule has 0 spiro atoms. The SMILES string of the molecule is CCCc1nn(C)c(NCc2ncc(C)o2)c1[N+](=O)[O-]. The third-order valence-corrected chi connectivity index (χ3v) is 2.84. The minimum atomic E-state index is -0.402. The van der Waals surface area contributed by atoms with E-state index >= 15 is 0 Å². The normalized spacial score (nSPS) is 10.8. The van der Waals surface area contributed by atoms with Gasteiger partial charge in [0.25, 0.3) is 0 Å². The van der Waals surface area contributed by atoms with Crippen LogP contribution in [-0.4, -0.2) is 19.7 Å². The first-order chi connectivity index (χ1) is 9.52. The third-order valence-electron chi connectivity index (χ3n) is 2.84. The number of aryl methyl sites for hydroxylation is 3. The van der Waals surface area contributed by atoms with E-state index in [9.17, 15) is 10.1 Å². The predicted octanol–water partition coefficient (Wildman–Crippen LogP) is 2.19. The van der Waals surface area contributed by atoms with Crippen molar-refractivity contribution in [1.82, 2.24) is 14.8 Å². The van der Waals surface area contributed by atoms with Gasteiger partial charge in [0.15, 0.2) is 0 Å². The van der Waals surface area contributed by atoms with Gasteiger partial charge in [0.1, 0.15) is 11.5 Å². The molecule has 1 N–H and O–H groups in total. The molecule has 0 atom stereocenters. The van der Waals surface area contributed by atoms with Crippen LogP contribution in [0.4, 0.5) is 11.5 Å². The molecular weight excluding hydrogens is 262 g/mol. The van der Waals surface area contributed by atoms with Crippen molar-refractivity contribution in [1.29, 1.82) is 0 Å². The summed E-state index contributed by atoms with van der Waals surface area (Å²) in [6.45, 7) is 4.03. The zero-order valence-electron chi connectivity index (χ0n) is 11.7. The molecule has 0 saturated heterocycles. The molecule has 8 nitrogen and oxygen atoms in total. The van der Waals surface area contributed by atoms with Gasteiger partial charge in [-0.25, -0.2) is 9.67 Å². The Kier molecular flexibility index (Phi) is 4.02. The van der Waals surface area contributed by atoms with Gasteiger partial charge in [-0.2, -0.15) is 5.10 Å². The fraction of sp³-hybridized carbons (Fsp3) is 0.500. The number of hydrogen-bond acceptors (Lipinski definition) is 6. The fourth-order valence-electron chi connectivity index (χ4n) is 2.01. The zero-order chi connectivity index (χ0) is 14.7. The zero-order valence-corrected chi connectivity index (χ0v) is 11.7. The van der Waals surface area contributed by atoms with Gasteiger partial charge in [-0.3, -0.25) is 10.1 Å². The number of nitrogens with one attached hydrogen (secondary N) is 1. The van der Waals surface area contributed by atoms with Crippen molar-refractivity contribution < 1.29 is 9.34 Å². The summed E-state index contributed by atoms with van der Waals surface area (Å²) < 4.78 is 6.81.